The van der Waals surface area contributed by atoms with Gasteiger partial charge in [0.15, 0.2) is 17.5 Å². The Morgan fingerprint density at radius 2 is 0.948 bits per heavy atom. The van der Waals surface area contributed by atoms with Crippen LogP contribution in [-0.4, -0.2) is 19.5 Å². The largest absolute Gasteiger partial charge is 0.309 e. The Bertz CT molecular complexity index is 3360. The number of nitrogens with zero attached hydrogens (tertiary/aromatic N) is 5. The van der Waals surface area contributed by atoms with Crippen LogP contribution in [0.1, 0.15) is 5.56 Å². The van der Waals surface area contributed by atoms with E-state index in [0.29, 0.717) is 23.0 Å². The van der Waals surface area contributed by atoms with E-state index in [1.165, 1.54) is 20.2 Å². The molecule has 11 aromatic rings. The molecule has 0 atom stereocenters. The normalized spacial score (nSPS) is 11.4. The first-order chi connectivity index (χ1) is 28.7. The summed E-state index contributed by atoms with van der Waals surface area (Å²) >= 11 is 1.82. The predicted molar refractivity (Wildman–Crippen MR) is 239 cm³/mol. The Hall–Kier alpha value is -7.72. The van der Waals surface area contributed by atoms with Gasteiger partial charge in [-0.3, -0.25) is 0 Å². The number of hydrogen-bond donors (Lipinski definition) is 0. The second kappa shape index (κ2) is 13.8. The van der Waals surface area contributed by atoms with Gasteiger partial charge in [-0.05, 0) is 82.9 Å². The van der Waals surface area contributed by atoms with E-state index in [0.717, 1.165) is 66.4 Å². The van der Waals surface area contributed by atoms with Gasteiger partial charge in [0.25, 0.3) is 0 Å². The molecule has 0 fully saturated rings. The average molecular weight is 758 g/mol. The average Bonchev–Trinajstić information content (AvgIpc) is 3.84. The van der Waals surface area contributed by atoms with Crippen molar-refractivity contribution in [1.82, 2.24) is 19.5 Å². The molecule has 3 aromatic heterocycles. The third kappa shape index (κ3) is 5.73. The van der Waals surface area contributed by atoms with Gasteiger partial charge in [0.2, 0.25) is 0 Å². The van der Waals surface area contributed by atoms with E-state index in [9.17, 15) is 5.26 Å². The summed E-state index contributed by atoms with van der Waals surface area (Å²) < 4.78 is 4.89. The van der Waals surface area contributed by atoms with Crippen molar-refractivity contribution in [3.8, 4) is 68.2 Å². The summed E-state index contributed by atoms with van der Waals surface area (Å²) in [5.41, 5.74) is 10.7. The SMILES string of the molecule is N#Cc1cccc(-c2ccc3c(c2)c2ccccc2n3-c2ccc(-c3ccc4sc5ccccc5c4c3)cc2-c2nc(-c3ccccc3)nc(-c3ccccc3)n2)c1. The lowest BCUT2D eigenvalue weighted by Gasteiger charge is -2.16. The Morgan fingerprint density at radius 3 is 1.71 bits per heavy atom. The van der Waals surface area contributed by atoms with Gasteiger partial charge in [-0.2, -0.15) is 5.26 Å². The highest BCUT2D eigenvalue weighted by Gasteiger charge is 2.21. The summed E-state index contributed by atoms with van der Waals surface area (Å²) in [7, 11) is 0. The number of fused-ring (bicyclic) bond motifs is 6. The number of rotatable bonds is 6. The van der Waals surface area contributed by atoms with Crippen LogP contribution in [0.4, 0.5) is 0 Å². The Labute approximate surface area is 338 Å². The first kappa shape index (κ1) is 33.6. The molecule has 11 rings (SSSR count). The Balaban J connectivity index is 1.18. The van der Waals surface area contributed by atoms with E-state index in [1.54, 1.807) is 0 Å². The van der Waals surface area contributed by atoms with Crippen molar-refractivity contribution in [3.05, 3.63) is 194 Å². The number of hydrogen-bond acceptors (Lipinski definition) is 5. The fraction of sp³-hybridized carbons (Fsp3) is 0. The van der Waals surface area contributed by atoms with E-state index < -0.39 is 0 Å². The van der Waals surface area contributed by atoms with E-state index in [2.05, 4.69) is 120 Å². The molecule has 0 aliphatic heterocycles. The molecule has 0 aliphatic carbocycles. The molecule has 3 heterocycles. The summed E-state index contributed by atoms with van der Waals surface area (Å²) in [5.74, 6) is 1.80. The zero-order valence-electron chi connectivity index (χ0n) is 31.0. The summed E-state index contributed by atoms with van der Waals surface area (Å²) in [6.07, 6.45) is 0. The highest BCUT2D eigenvalue weighted by Crippen LogP contribution is 2.41. The second-order valence-electron chi connectivity index (χ2n) is 14.4. The third-order valence-electron chi connectivity index (χ3n) is 10.9. The van der Waals surface area contributed by atoms with Gasteiger partial charge in [-0.1, -0.05) is 127 Å². The molecule has 270 valence electrons. The van der Waals surface area contributed by atoms with Gasteiger partial charge in [0.05, 0.1) is 28.4 Å². The van der Waals surface area contributed by atoms with Crippen LogP contribution < -0.4 is 0 Å². The van der Waals surface area contributed by atoms with Crippen molar-refractivity contribution in [2.45, 2.75) is 0 Å². The minimum atomic E-state index is 0.586. The maximum Gasteiger partial charge on any atom is 0.166 e. The molecule has 0 aliphatic rings. The quantitative estimate of drug-likeness (QED) is 0.169. The lowest BCUT2D eigenvalue weighted by Crippen LogP contribution is -2.04. The summed E-state index contributed by atoms with van der Waals surface area (Å²) in [5, 5.41) is 14.4. The van der Waals surface area contributed by atoms with Crippen molar-refractivity contribution >= 4 is 53.3 Å². The Kier molecular flexibility index (Phi) is 7.99. The molecular formula is C52H31N5S. The highest BCUT2D eigenvalue weighted by molar-refractivity contribution is 7.25. The smallest absolute Gasteiger partial charge is 0.166 e. The van der Waals surface area contributed by atoms with Crippen LogP contribution >= 0.6 is 11.3 Å². The zero-order chi connectivity index (χ0) is 38.6. The van der Waals surface area contributed by atoms with Crippen LogP contribution in [0.5, 0.6) is 0 Å². The van der Waals surface area contributed by atoms with Crippen LogP contribution in [0.15, 0.2) is 188 Å². The van der Waals surface area contributed by atoms with Gasteiger partial charge >= 0.3 is 0 Å². The van der Waals surface area contributed by atoms with Gasteiger partial charge in [-0.25, -0.2) is 15.0 Å². The summed E-state index contributed by atoms with van der Waals surface area (Å²) in [6, 6.07) is 67.5. The van der Waals surface area contributed by atoms with Crippen LogP contribution in [-0.2, 0) is 0 Å². The number of para-hydroxylation sites is 1. The van der Waals surface area contributed by atoms with E-state index >= 15 is 0 Å². The third-order valence-corrected chi connectivity index (χ3v) is 12.0. The maximum absolute atomic E-state index is 9.64. The molecular weight excluding hydrogens is 727 g/mol. The zero-order valence-corrected chi connectivity index (χ0v) is 31.9. The predicted octanol–water partition coefficient (Wildman–Crippen LogP) is 13.5. The van der Waals surface area contributed by atoms with E-state index in [1.807, 2.05) is 90.2 Å². The topological polar surface area (TPSA) is 67.4 Å². The summed E-state index contributed by atoms with van der Waals surface area (Å²) in [4.78, 5) is 15.5. The first-order valence-electron chi connectivity index (χ1n) is 19.2. The van der Waals surface area contributed by atoms with Crippen molar-refractivity contribution in [2.75, 3.05) is 0 Å². The molecule has 0 spiro atoms. The van der Waals surface area contributed by atoms with Crippen molar-refractivity contribution < 1.29 is 0 Å². The molecule has 6 heteroatoms. The molecule has 0 saturated heterocycles. The molecule has 58 heavy (non-hydrogen) atoms. The molecule has 0 saturated carbocycles. The number of nitriles is 1. The van der Waals surface area contributed by atoms with Crippen LogP contribution in [0, 0.1) is 11.3 Å². The molecule has 0 radical (unpaired) electrons. The number of thiophene rings is 1. The molecule has 0 unspecified atom stereocenters. The minimum Gasteiger partial charge on any atom is -0.309 e. The fourth-order valence-corrected chi connectivity index (χ4v) is 9.19. The van der Waals surface area contributed by atoms with Crippen LogP contribution in [0.3, 0.4) is 0 Å². The van der Waals surface area contributed by atoms with Crippen molar-refractivity contribution in [2.24, 2.45) is 0 Å². The van der Waals surface area contributed by atoms with Gasteiger partial charge < -0.3 is 4.57 Å². The van der Waals surface area contributed by atoms with E-state index in [-0.39, 0.29) is 0 Å². The lowest BCUT2D eigenvalue weighted by molar-refractivity contribution is 1.06. The molecule has 0 bridgehead atoms. The fourth-order valence-electron chi connectivity index (χ4n) is 8.10. The van der Waals surface area contributed by atoms with E-state index in [4.69, 9.17) is 15.0 Å². The van der Waals surface area contributed by atoms with Gasteiger partial charge in [0.1, 0.15) is 0 Å². The number of aromatic nitrogens is 4. The monoisotopic (exact) mass is 757 g/mol. The highest BCUT2D eigenvalue weighted by atomic mass is 32.1. The Morgan fingerprint density at radius 1 is 0.397 bits per heavy atom. The molecule has 0 N–H and O–H groups in total. The molecule has 5 nitrogen and oxygen atoms in total. The van der Waals surface area contributed by atoms with Crippen molar-refractivity contribution in [1.29, 1.82) is 5.26 Å². The minimum absolute atomic E-state index is 0.586. The van der Waals surface area contributed by atoms with Gasteiger partial charge in [0, 0.05) is 47.6 Å². The van der Waals surface area contributed by atoms with Crippen LogP contribution in [0.2, 0.25) is 0 Å². The summed E-state index contributed by atoms with van der Waals surface area (Å²) in [6.45, 7) is 0. The number of benzene rings is 8. The molecule has 0 amide bonds. The lowest BCUT2D eigenvalue weighted by atomic mass is 9.99. The van der Waals surface area contributed by atoms with Gasteiger partial charge in [-0.15, -0.1) is 11.3 Å². The standard InChI is InChI=1S/C52H31N5S/c53-32-33-12-11-17-36(28-33)37-22-25-46-42(29-37)40-18-7-9-20-45(40)57(46)47-26-23-38(39-24-27-49-43(30-39)41-19-8-10-21-48(41)58-49)31-44(47)52-55-50(34-13-3-1-4-14-34)54-51(56-52)35-15-5-2-6-16-35/h1-31H. The first-order valence-corrected chi connectivity index (χ1v) is 20.0. The van der Waals surface area contributed by atoms with Crippen molar-refractivity contribution in [3.63, 3.8) is 0 Å². The second-order valence-corrected chi connectivity index (χ2v) is 15.4. The van der Waals surface area contributed by atoms with Crippen LogP contribution in [0.25, 0.3) is 104 Å². The molecule has 8 aromatic carbocycles. The maximum atomic E-state index is 9.64.